The molecule has 0 aliphatic rings. The second kappa shape index (κ2) is 7.85. The number of Topliss-reactive ketones (excluding diaryl/α,β-unsaturated/α-hetero) is 1. The van der Waals surface area contributed by atoms with Gasteiger partial charge >= 0.3 is 6.18 Å². The Morgan fingerprint density at radius 1 is 1.00 bits per heavy atom. The number of hydrogen-bond donors (Lipinski definition) is 0. The first kappa shape index (κ1) is 19.2. The third-order valence-electron chi connectivity index (χ3n) is 4.78. The number of hydrogen-bond acceptors (Lipinski definition) is 1. The highest BCUT2D eigenvalue weighted by molar-refractivity contribution is 5.79. The molecule has 25 heavy (non-hydrogen) atoms. The van der Waals surface area contributed by atoms with Gasteiger partial charge in [0.1, 0.15) is 5.78 Å². The van der Waals surface area contributed by atoms with Gasteiger partial charge in [0.2, 0.25) is 0 Å². The van der Waals surface area contributed by atoms with Gasteiger partial charge in [-0.2, -0.15) is 13.2 Å². The average molecular weight is 348 g/mol. The molecular formula is C21H23F3O. The van der Waals surface area contributed by atoms with E-state index in [9.17, 15) is 18.0 Å². The van der Waals surface area contributed by atoms with Gasteiger partial charge in [0.05, 0.1) is 5.56 Å². The van der Waals surface area contributed by atoms with E-state index >= 15 is 0 Å². The highest BCUT2D eigenvalue weighted by atomic mass is 19.4. The third-order valence-corrected chi connectivity index (χ3v) is 4.78. The van der Waals surface area contributed by atoms with E-state index in [1.807, 2.05) is 26.0 Å². The molecule has 2 unspecified atom stereocenters. The molecule has 0 fully saturated rings. The summed E-state index contributed by atoms with van der Waals surface area (Å²) < 4.78 is 38.3. The van der Waals surface area contributed by atoms with Crippen molar-refractivity contribution in [2.24, 2.45) is 5.92 Å². The standard InChI is InChI=1S/C21H23F3O/c1-14-4-6-17(7-5-14)8-13-20(15(2)16(3)25)18-9-11-19(12-10-18)21(22,23)24/h4-7,9-12,15,20H,8,13H2,1-3H3. The van der Waals surface area contributed by atoms with Gasteiger partial charge < -0.3 is 0 Å². The molecule has 2 rings (SSSR count). The van der Waals surface area contributed by atoms with E-state index in [0.29, 0.717) is 0 Å². The quantitative estimate of drug-likeness (QED) is 0.630. The Kier molecular flexibility index (Phi) is 6.04. The molecule has 0 aromatic heterocycles. The van der Waals surface area contributed by atoms with Crippen LogP contribution < -0.4 is 0 Å². The fourth-order valence-electron chi connectivity index (χ4n) is 2.98. The first-order valence-corrected chi connectivity index (χ1v) is 8.41. The maximum Gasteiger partial charge on any atom is 0.416 e. The van der Waals surface area contributed by atoms with Crippen LogP contribution in [0, 0.1) is 12.8 Å². The van der Waals surface area contributed by atoms with E-state index < -0.39 is 11.7 Å². The van der Waals surface area contributed by atoms with E-state index in [2.05, 4.69) is 12.1 Å². The van der Waals surface area contributed by atoms with Crippen LogP contribution in [0.25, 0.3) is 0 Å². The van der Waals surface area contributed by atoms with Gasteiger partial charge in [-0.15, -0.1) is 0 Å². The molecule has 2 aromatic rings. The number of carbonyl (C=O) groups excluding carboxylic acids is 1. The lowest BCUT2D eigenvalue weighted by Gasteiger charge is -2.23. The molecule has 0 spiro atoms. The van der Waals surface area contributed by atoms with Crippen molar-refractivity contribution in [3.05, 3.63) is 70.8 Å². The van der Waals surface area contributed by atoms with Gasteiger partial charge in [-0.1, -0.05) is 48.9 Å². The third kappa shape index (κ3) is 5.18. The topological polar surface area (TPSA) is 17.1 Å². The molecular weight excluding hydrogens is 325 g/mol. The van der Waals surface area contributed by atoms with E-state index in [4.69, 9.17) is 0 Å². The van der Waals surface area contributed by atoms with Gasteiger partial charge in [-0.3, -0.25) is 4.79 Å². The highest BCUT2D eigenvalue weighted by Gasteiger charge is 2.31. The number of benzene rings is 2. The maximum absolute atomic E-state index is 12.8. The Bertz CT molecular complexity index is 699. The lowest BCUT2D eigenvalue weighted by atomic mass is 9.81. The van der Waals surface area contributed by atoms with Gasteiger partial charge in [-0.25, -0.2) is 0 Å². The van der Waals surface area contributed by atoms with Crippen molar-refractivity contribution in [1.29, 1.82) is 0 Å². The van der Waals surface area contributed by atoms with Crippen LogP contribution in [0.2, 0.25) is 0 Å². The van der Waals surface area contributed by atoms with Crippen molar-refractivity contribution in [1.82, 2.24) is 0 Å². The van der Waals surface area contributed by atoms with Gasteiger partial charge in [-0.05, 0) is 55.9 Å². The van der Waals surface area contributed by atoms with Gasteiger partial charge in [0.15, 0.2) is 0 Å². The molecule has 0 aliphatic heterocycles. The molecule has 0 saturated heterocycles. The second-order valence-electron chi connectivity index (χ2n) is 6.65. The summed E-state index contributed by atoms with van der Waals surface area (Å²) in [7, 11) is 0. The Hall–Kier alpha value is -2.10. The minimum absolute atomic E-state index is 0.0498. The summed E-state index contributed by atoms with van der Waals surface area (Å²) in [5, 5.41) is 0. The summed E-state index contributed by atoms with van der Waals surface area (Å²) >= 11 is 0. The van der Waals surface area contributed by atoms with Crippen molar-refractivity contribution >= 4 is 5.78 Å². The van der Waals surface area contributed by atoms with E-state index in [1.54, 1.807) is 0 Å². The Morgan fingerprint density at radius 3 is 2.04 bits per heavy atom. The average Bonchev–Trinajstić information content (AvgIpc) is 2.56. The van der Waals surface area contributed by atoms with E-state index in [0.717, 1.165) is 30.5 Å². The van der Waals surface area contributed by atoms with Crippen LogP contribution in [0.15, 0.2) is 48.5 Å². The zero-order chi connectivity index (χ0) is 18.6. The Labute approximate surface area is 146 Å². The summed E-state index contributed by atoms with van der Waals surface area (Å²) in [5.74, 6) is -0.280. The molecule has 2 atom stereocenters. The molecule has 0 saturated carbocycles. The van der Waals surface area contributed by atoms with Gasteiger partial charge in [0, 0.05) is 5.92 Å². The molecule has 0 bridgehead atoms. The number of ketones is 1. The molecule has 2 aromatic carbocycles. The second-order valence-corrected chi connectivity index (χ2v) is 6.65. The van der Waals surface area contributed by atoms with Crippen LogP contribution in [-0.4, -0.2) is 5.78 Å². The molecule has 0 radical (unpaired) electrons. The molecule has 4 heteroatoms. The summed E-state index contributed by atoms with van der Waals surface area (Å²) in [6, 6.07) is 13.4. The monoisotopic (exact) mass is 348 g/mol. The van der Waals surface area contributed by atoms with Crippen molar-refractivity contribution in [3.8, 4) is 0 Å². The maximum atomic E-state index is 12.8. The predicted octanol–water partition coefficient (Wildman–Crippen LogP) is 5.96. The molecule has 0 amide bonds. The molecule has 0 aliphatic carbocycles. The van der Waals surface area contributed by atoms with Crippen molar-refractivity contribution < 1.29 is 18.0 Å². The number of carbonyl (C=O) groups is 1. The minimum Gasteiger partial charge on any atom is -0.300 e. The first-order chi connectivity index (χ1) is 11.7. The van der Waals surface area contributed by atoms with Crippen LogP contribution in [-0.2, 0) is 17.4 Å². The number of rotatable bonds is 6. The Balaban J connectivity index is 2.20. The fourth-order valence-corrected chi connectivity index (χ4v) is 2.98. The molecule has 0 N–H and O–H groups in total. The smallest absolute Gasteiger partial charge is 0.300 e. The first-order valence-electron chi connectivity index (χ1n) is 8.41. The van der Waals surface area contributed by atoms with E-state index in [-0.39, 0.29) is 17.6 Å². The van der Waals surface area contributed by atoms with Gasteiger partial charge in [0.25, 0.3) is 0 Å². The number of aryl methyl sites for hydroxylation is 2. The fraction of sp³-hybridized carbons (Fsp3) is 0.381. The van der Waals surface area contributed by atoms with Crippen molar-refractivity contribution in [2.45, 2.75) is 45.7 Å². The van der Waals surface area contributed by atoms with Crippen molar-refractivity contribution in [3.63, 3.8) is 0 Å². The van der Waals surface area contributed by atoms with Crippen LogP contribution >= 0.6 is 0 Å². The summed E-state index contributed by atoms with van der Waals surface area (Å²) in [6.45, 7) is 5.40. The Morgan fingerprint density at radius 2 is 1.56 bits per heavy atom. The molecule has 134 valence electrons. The highest BCUT2D eigenvalue weighted by Crippen LogP contribution is 2.34. The molecule has 0 heterocycles. The minimum atomic E-state index is -4.35. The molecule has 1 nitrogen and oxygen atoms in total. The zero-order valence-corrected chi connectivity index (χ0v) is 14.7. The lowest BCUT2D eigenvalue weighted by Crippen LogP contribution is -2.18. The summed E-state index contributed by atoms with van der Waals surface area (Å²) in [6.07, 6.45) is -2.85. The SMILES string of the molecule is CC(=O)C(C)C(CCc1ccc(C)cc1)c1ccc(C(F)(F)F)cc1. The number of halogens is 3. The number of alkyl halides is 3. The summed E-state index contributed by atoms with van der Waals surface area (Å²) in [5.41, 5.74) is 2.46. The normalized spacial score (nSPS) is 14.2. The zero-order valence-electron chi connectivity index (χ0n) is 14.7. The van der Waals surface area contributed by atoms with Crippen molar-refractivity contribution in [2.75, 3.05) is 0 Å². The lowest BCUT2D eigenvalue weighted by molar-refractivity contribution is -0.137. The largest absolute Gasteiger partial charge is 0.416 e. The van der Waals surface area contributed by atoms with Crippen LogP contribution in [0.1, 0.15) is 48.4 Å². The predicted molar refractivity (Wildman–Crippen MR) is 93.5 cm³/mol. The van der Waals surface area contributed by atoms with Crippen LogP contribution in [0.5, 0.6) is 0 Å². The van der Waals surface area contributed by atoms with Crippen LogP contribution in [0.3, 0.4) is 0 Å². The van der Waals surface area contributed by atoms with E-state index in [1.165, 1.54) is 30.2 Å². The van der Waals surface area contributed by atoms with Crippen LogP contribution in [0.4, 0.5) is 13.2 Å². The summed E-state index contributed by atoms with van der Waals surface area (Å²) in [4.78, 5) is 11.9.